The van der Waals surface area contributed by atoms with Gasteiger partial charge in [0.2, 0.25) is 0 Å². The summed E-state index contributed by atoms with van der Waals surface area (Å²) < 4.78 is 3.18. The van der Waals surface area contributed by atoms with Gasteiger partial charge in [-0.2, -0.15) is 0 Å². The zero-order valence-corrected chi connectivity index (χ0v) is 19.5. The number of guanidine groups is 1. The number of rotatable bonds is 5. The van der Waals surface area contributed by atoms with Crippen LogP contribution in [0.25, 0.3) is 11.3 Å². The Balaban J connectivity index is 0.00000261. The summed E-state index contributed by atoms with van der Waals surface area (Å²) in [6.07, 6.45) is 3.91. The monoisotopic (exact) mass is 542 g/mol. The number of halogens is 2. The van der Waals surface area contributed by atoms with Crippen molar-refractivity contribution in [2.45, 2.75) is 13.1 Å². The summed E-state index contributed by atoms with van der Waals surface area (Å²) >= 11 is 3.51. The lowest BCUT2D eigenvalue weighted by atomic mass is 10.2. The second kappa shape index (κ2) is 9.93. The Morgan fingerprint density at radius 1 is 1.33 bits per heavy atom. The van der Waals surface area contributed by atoms with Crippen molar-refractivity contribution in [3.63, 3.8) is 0 Å². The molecule has 2 aromatic heterocycles. The minimum Gasteiger partial charge on any atom is -0.352 e. The number of aryl methyl sites for hydroxylation is 1. The maximum Gasteiger partial charge on any atom is 0.194 e. The fourth-order valence-corrected chi connectivity index (χ4v) is 3.38. The summed E-state index contributed by atoms with van der Waals surface area (Å²) in [4.78, 5) is 14.3. The predicted octanol–water partition coefficient (Wildman–Crippen LogP) is 4.00. The molecule has 144 valence electrons. The third-order valence-corrected chi connectivity index (χ3v) is 4.61. The Morgan fingerprint density at radius 2 is 2.07 bits per heavy atom. The van der Waals surface area contributed by atoms with Crippen LogP contribution in [0.5, 0.6) is 0 Å². The van der Waals surface area contributed by atoms with Crippen LogP contribution < -0.4 is 5.32 Å². The summed E-state index contributed by atoms with van der Waals surface area (Å²) in [5.74, 6) is 1.69. The van der Waals surface area contributed by atoms with E-state index in [0.717, 1.165) is 34.1 Å². The van der Waals surface area contributed by atoms with E-state index >= 15 is 0 Å². The van der Waals surface area contributed by atoms with Gasteiger partial charge in [0.05, 0.1) is 25.0 Å². The van der Waals surface area contributed by atoms with E-state index in [1.807, 2.05) is 44.7 Å². The van der Waals surface area contributed by atoms with Gasteiger partial charge < -0.3 is 19.8 Å². The molecular weight excluding hydrogens is 519 g/mol. The van der Waals surface area contributed by atoms with Crippen LogP contribution in [0.1, 0.15) is 11.5 Å². The van der Waals surface area contributed by atoms with Gasteiger partial charge in [-0.15, -0.1) is 24.0 Å². The molecule has 3 aromatic rings. The fourth-order valence-electron chi connectivity index (χ4n) is 2.81. The topological polar surface area (TPSA) is 61.2 Å². The van der Waals surface area contributed by atoms with Crippen LogP contribution in [-0.4, -0.2) is 39.5 Å². The molecule has 2 heterocycles. The highest BCUT2D eigenvalue weighted by atomic mass is 127. The maximum absolute atomic E-state index is 4.46. The molecule has 0 aliphatic heterocycles. The minimum atomic E-state index is 0. The number of H-pyrrole nitrogens is 1. The molecule has 2 N–H and O–H groups in total. The quantitative estimate of drug-likeness (QED) is 0.291. The molecule has 0 aliphatic carbocycles. The highest BCUT2D eigenvalue weighted by Gasteiger charge is 2.10. The molecule has 0 radical (unpaired) electrons. The molecule has 6 nitrogen and oxygen atoms in total. The molecule has 27 heavy (non-hydrogen) atoms. The highest BCUT2D eigenvalue weighted by molar-refractivity contribution is 14.0. The Kier molecular flexibility index (Phi) is 7.91. The van der Waals surface area contributed by atoms with E-state index in [1.165, 1.54) is 5.69 Å². The smallest absolute Gasteiger partial charge is 0.194 e. The van der Waals surface area contributed by atoms with Crippen LogP contribution >= 0.6 is 39.9 Å². The van der Waals surface area contributed by atoms with E-state index in [2.05, 4.69) is 63.9 Å². The van der Waals surface area contributed by atoms with E-state index in [-0.39, 0.29) is 24.0 Å². The average molecular weight is 543 g/mol. The van der Waals surface area contributed by atoms with Crippen molar-refractivity contribution in [1.82, 2.24) is 24.8 Å². The number of aliphatic imine (C=N–C) groups is 1. The molecule has 0 saturated carbocycles. The first-order valence-corrected chi connectivity index (χ1v) is 9.18. The van der Waals surface area contributed by atoms with Crippen LogP contribution in [0.15, 0.2) is 58.3 Å². The lowest BCUT2D eigenvalue weighted by molar-refractivity contribution is 0.461. The Morgan fingerprint density at radius 3 is 2.70 bits per heavy atom. The molecular formula is C19H24BrIN6. The van der Waals surface area contributed by atoms with E-state index in [0.29, 0.717) is 6.54 Å². The van der Waals surface area contributed by atoms with Crippen LogP contribution in [0.2, 0.25) is 0 Å². The van der Waals surface area contributed by atoms with E-state index < -0.39 is 0 Å². The van der Waals surface area contributed by atoms with Crippen molar-refractivity contribution in [1.29, 1.82) is 0 Å². The summed E-state index contributed by atoms with van der Waals surface area (Å²) in [5, 5.41) is 3.36. The van der Waals surface area contributed by atoms with Gasteiger partial charge in [-0.25, -0.2) is 4.98 Å². The van der Waals surface area contributed by atoms with Crippen LogP contribution in [-0.2, 0) is 20.1 Å². The van der Waals surface area contributed by atoms with E-state index in [9.17, 15) is 0 Å². The first-order valence-electron chi connectivity index (χ1n) is 8.38. The van der Waals surface area contributed by atoms with Crippen molar-refractivity contribution in [2.75, 3.05) is 14.1 Å². The van der Waals surface area contributed by atoms with E-state index in [4.69, 9.17) is 0 Å². The van der Waals surface area contributed by atoms with Crippen molar-refractivity contribution in [2.24, 2.45) is 12.0 Å². The molecule has 0 saturated heterocycles. The third kappa shape index (κ3) is 5.58. The SMILES string of the molecule is CN=C(NCc1ncc(-c2ccccc2)[nH]1)N(C)Cc1cc(Br)cn1C.I. The third-order valence-electron chi connectivity index (χ3n) is 4.17. The Bertz CT molecular complexity index is 887. The Labute approximate surface area is 185 Å². The Hall–Kier alpha value is -1.81. The number of imidazole rings is 1. The van der Waals surface area contributed by atoms with Gasteiger partial charge in [0, 0.05) is 37.5 Å². The summed E-state index contributed by atoms with van der Waals surface area (Å²) in [7, 11) is 5.85. The second-order valence-corrected chi connectivity index (χ2v) is 7.04. The van der Waals surface area contributed by atoms with Crippen LogP contribution in [0.4, 0.5) is 0 Å². The number of benzene rings is 1. The first-order chi connectivity index (χ1) is 12.6. The number of hydrogen-bond donors (Lipinski definition) is 2. The van der Waals surface area contributed by atoms with Gasteiger partial charge in [0.25, 0.3) is 0 Å². The van der Waals surface area contributed by atoms with Gasteiger partial charge in [-0.1, -0.05) is 30.3 Å². The van der Waals surface area contributed by atoms with Gasteiger partial charge in [-0.3, -0.25) is 4.99 Å². The van der Waals surface area contributed by atoms with Gasteiger partial charge in [0.15, 0.2) is 5.96 Å². The molecule has 1 aromatic carbocycles. The molecule has 3 rings (SSSR count). The normalized spacial score (nSPS) is 11.2. The van der Waals surface area contributed by atoms with Gasteiger partial charge in [-0.05, 0) is 27.6 Å². The number of aromatic amines is 1. The molecule has 0 unspecified atom stereocenters. The lowest BCUT2D eigenvalue weighted by Crippen LogP contribution is -2.38. The zero-order chi connectivity index (χ0) is 18.5. The lowest BCUT2D eigenvalue weighted by Gasteiger charge is -2.22. The van der Waals surface area contributed by atoms with Crippen LogP contribution in [0, 0.1) is 0 Å². The number of hydrogen-bond acceptors (Lipinski definition) is 2. The van der Waals surface area contributed by atoms with Gasteiger partial charge >= 0.3 is 0 Å². The minimum absolute atomic E-state index is 0. The predicted molar refractivity (Wildman–Crippen MR) is 124 cm³/mol. The van der Waals surface area contributed by atoms with E-state index in [1.54, 1.807) is 7.05 Å². The number of aromatic nitrogens is 3. The highest BCUT2D eigenvalue weighted by Crippen LogP contribution is 2.16. The average Bonchev–Trinajstić information content (AvgIpc) is 3.23. The van der Waals surface area contributed by atoms with Crippen LogP contribution in [0.3, 0.4) is 0 Å². The number of nitrogens with zero attached hydrogens (tertiary/aromatic N) is 4. The number of nitrogens with one attached hydrogen (secondary N) is 2. The molecule has 0 bridgehead atoms. The fraction of sp³-hybridized carbons (Fsp3) is 0.263. The van der Waals surface area contributed by atoms with Crippen molar-refractivity contribution in [3.05, 3.63) is 64.8 Å². The molecule has 0 aliphatic rings. The summed E-state index contributed by atoms with van der Waals surface area (Å²) in [6, 6.07) is 12.3. The molecule has 0 fully saturated rings. The van der Waals surface area contributed by atoms with Crippen molar-refractivity contribution in [3.8, 4) is 11.3 Å². The van der Waals surface area contributed by atoms with Crippen molar-refractivity contribution < 1.29 is 0 Å². The molecule has 0 atom stereocenters. The maximum atomic E-state index is 4.46. The largest absolute Gasteiger partial charge is 0.352 e. The zero-order valence-electron chi connectivity index (χ0n) is 15.6. The first kappa shape index (κ1) is 21.5. The van der Waals surface area contributed by atoms with Crippen molar-refractivity contribution >= 4 is 45.9 Å². The van der Waals surface area contributed by atoms with Gasteiger partial charge in [0.1, 0.15) is 5.82 Å². The molecule has 8 heteroatoms. The molecule has 0 amide bonds. The second-order valence-electron chi connectivity index (χ2n) is 6.13. The summed E-state index contributed by atoms with van der Waals surface area (Å²) in [6.45, 7) is 1.34. The summed E-state index contributed by atoms with van der Waals surface area (Å²) in [5.41, 5.74) is 3.34. The molecule has 0 spiro atoms. The standard InChI is InChI=1S/C19H23BrN6.HI/c1-21-19(26(3)13-16-9-15(20)12-25(16)2)23-11-18-22-10-17(24-18)14-7-5-4-6-8-14;/h4-10,12H,11,13H2,1-3H3,(H,21,23)(H,22,24);1H.